The topological polar surface area (TPSA) is 39.7 Å². The van der Waals surface area contributed by atoms with Gasteiger partial charge in [0.1, 0.15) is 0 Å². The van der Waals surface area contributed by atoms with Crippen molar-refractivity contribution in [1.82, 2.24) is 15.5 Å². The maximum atomic E-state index is 4.67. The van der Waals surface area contributed by atoms with Crippen LogP contribution < -0.4 is 10.6 Å². The molecular weight excluding hydrogens is 411 g/mol. The Morgan fingerprint density at radius 1 is 1.04 bits per heavy atom. The van der Waals surface area contributed by atoms with E-state index in [1.807, 2.05) is 0 Å². The second-order valence-corrected chi connectivity index (χ2v) is 7.75. The SMILES string of the molecule is CCCC1CC1NC(=NCC)NC1CCN(C2CCCC2)CC1.I. The van der Waals surface area contributed by atoms with E-state index in [1.165, 1.54) is 70.9 Å². The van der Waals surface area contributed by atoms with E-state index in [4.69, 9.17) is 0 Å². The summed E-state index contributed by atoms with van der Waals surface area (Å²) in [7, 11) is 0. The standard InChI is InChI=1S/C19H36N4.HI/c1-3-7-15-14-18(15)22-19(20-4-2)21-16-10-12-23(13-11-16)17-8-5-6-9-17;/h15-18H,3-14H2,1-2H3,(H2,20,21,22);1H. The highest BCUT2D eigenvalue weighted by Crippen LogP contribution is 2.34. The average molecular weight is 448 g/mol. The molecule has 2 saturated carbocycles. The summed E-state index contributed by atoms with van der Waals surface area (Å²) in [5.41, 5.74) is 0. The summed E-state index contributed by atoms with van der Waals surface area (Å²) >= 11 is 0. The van der Waals surface area contributed by atoms with Crippen LogP contribution in [0, 0.1) is 5.92 Å². The third-order valence-electron chi connectivity index (χ3n) is 5.93. The van der Waals surface area contributed by atoms with Crippen LogP contribution in [-0.4, -0.2) is 48.6 Å². The van der Waals surface area contributed by atoms with Gasteiger partial charge >= 0.3 is 0 Å². The maximum absolute atomic E-state index is 4.67. The number of nitrogens with zero attached hydrogens (tertiary/aromatic N) is 2. The van der Waals surface area contributed by atoms with Crippen LogP contribution in [0.3, 0.4) is 0 Å². The Morgan fingerprint density at radius 2 is 1.75 bits per heavy atom. The molecule has 3 rings (SSSR count). The van der Waals surface area contributed by atoms with Gasteiger partial charge in [0.2, 0.25) is 0 Å². The van der Waals surface area contributed by atoms with E-state index in [0.717, 1.165) is 24.5 Å². The van der Waals surface area contributed by atoms with E-state index in [0.29, 0.717) is 12.1 Å². The lowest BCUT2D eigenvalue weighted by atomic mass is 10.0. The third-order valence-corrected chi connectivity index (χ3v) is 5.93. The summed E-state index contributed by atoms with van der Waals surface area (Å²) < 4.78 is 0. The number of guanidine groups is 1. The lowest BCUT2D eigenvalue weighted by Crippen LogP contribution is -2.50. The summed E-state index contributed by atoms with van der Waals surface area (Å²) in [4.78, 5) is 7.41. The monoisotopic (exact) mass is 448 g/mol. The van der Waals surface area contributed by atoms with E-state index in [1.54, 1.807) is 0 Å². The highest BCUT2D eigenvalue weighted by molar-refractivity contribution is 14.0. The highest BCUT2D eigenvalue weighted by Gasteiger charge is 2.37. The van der Waals surface area contributed by atoms with Crippen molar-refractivity contribution in [2.75, 3.05) is 19.6 Å². The minimum absolute atomic E-state index is 0. The van der Waals surface area contributed by atoms with Gasteiger partial charge in [0.25, 0.3) is 0 Å². The molecule has 0 amide bonds. The summed E-state index contributed by atoms with van der Waals surface area (Å²) in [5.74, 6) is 1.95. The zero-order valence-electron chi connectivity index (χ0n) is 15.6. The van der Waals surface area contributed by atoms with Gasteiger partial charge in [0.15, 0.2) is 5.96 Å². The summed E-state index contributed by atoms with van der Waals surface area (Å²) in [6.45, 7) is 7.81. The Labute approximate surface area is 165 Å². The van der Waals surface area contributed by atoms with Crippen molar-refractivity contribution in [3.8, 4) is 0 Å². The van der Waals surface area contributed by atoms with E-state index in [2.05, 4.69) is 34.4 Å². The van der Waals surface area contributed by atoms with Crippen molar-refractivity contribution in [3.05, 3.63) is 0 Å². The molecule has 0 radical (unpaired) electrons. The molecule has 140 valence electrons. The Balaban J connectivity index is 0.00000208. The summed E-state index contributed by atoms with van der Waals surface area (Å²) in [6, 6.07) is 2.17. The first-order valence-electron chi connectivity index (χ1n) is 10.1. The van der Waals surface area contributed by atoms with Crippen molar-refractivity contribution in [3.63, 3.8) is 0 Å². The van der Waals surface area contributed by atoms with Gasteiger partial charge in [-0.3, -0.25) is 4.99 Å². The number of hydrogen-bond donors (Lipinski definition) is 2. The number of rotatable bonds is 6. The van der Waals surface area contributed by atoms with Crippen LogP contribution in [0.1, 0.15) is 71.6 Å². The van der Waals surface area contributed by atoms with Gasteiger partial charge in [0.05, 0.1) is 0 Å². The molecule has 0 bridgehead atoms. The number of aliphatic imine (C=N–C) groups is 1. The number of piperidine rings is 1. The Hall–Kier alpha value is -0.0400. The first kappa shape index (κ1) is 20.3. The number of nitrogens with one attached hydrogen (secondary N) is 2. The van der Waals surface area contributed by atoms with Gasteiger partial charge in [-0.15, -0.1) is 24.0 Å². The molecular formula is C19H37IN4. The molecule has 0 aromatic heterocycles. The third kappa shape index (κ3) is 5.75. The first-order valence-corrected chi connectivity index (χ1v) is 10.1. The smallest absolute Gasteiger partial charge is 0.191 e. The number of halogens is 1. The van der Waals surface area contributed by atoms with E-state index >= 15 is 0 Å². The second kappa shape index (κ2) is 10.2. The molecule has 5 heteroatoms. The van der Waals surface area contributed by atoms with Crippen LogP contribution in [0.2, 0.25) is 0 Å². The molecule has 3 aliphatic rings. The average Bonchev–Trinajstić information content (AvgIpc) is 3.06. The van der Waals surface area contributed by atoms with Crippen LogP contribution in [0.5, 0.6) is 0 Å². The fraction of sp³-hybridized carbons (Fsp3) is 0.947. The molecule has 3 fully saturated rings. The molecule has 2 N–H and O–H groups in total. The molecule has 1 aliphatic heterocycles. The van der Waals surface area contributed by atoms with Crippen LogP contribution in [0.25, 0.3) is 0 Å². The minimum Gasteiger partial charge on any atom is -0.354 e. The maximum Gasteiger partial charge on any atom is 0.191 e. The lowest BCUT2D eigenvalue weighted by molar-refractivity contribution is 0.150. The summed E-state index contributed by atoms with van der Waals surface area (Å²) in [6.07, 6.45) is 12.3. The number of likely N-dealkylation sites (tertiary alicyclic amines) is 1. The Morgan fingerprint density at radius 3 is 2.38 bits per heavy atom. The van der Waals surface area contributed by atoms with Gasteiger partial charge in [-0.25, -0.2) is 0 Å². The quantitative estimate of drug-likeness (QED) is 0.369. The van der Waals surface area contributed by atoms with E-state index in [-0.39, 0.29) is 24.0 Å². The molecule has 0 aromatic carbocycles. The molecule has 0 spiro atoms. The van der Waals surface area contributed by atoms with Crippen molar-refractivity contribution in [1.29, 1.82) is 0 Å². The second-order valence-electron chi connectivity index (χ2n) is 7.75. The van der Waals surface area contributed by atoms with Crippen molar-refractivity contribution < 1.29 is 0 Å². The molecule has 1 saturated heterocycles. The van der Waals surface area contributed by atoms with Crippen LogP contribution in [0.4, 0.5) is 0 Å². The van der Waals surface area contributed by atoms with Gasteiger partial charge < -0.3 is 15.5 Å². The predicted molar refractivity (Wildman–Crippen MR) is 113 cm³/mol. The van der Waals surface area contributed by atoms with E-state index < -0.39 is 0 Å². The van der Waals surface area contributed by atoms with Crippen LogP contribution >= 0.6 is 24.0 Å². The molecule has 1 heterocycles. The molecule has 2 unspecified atom stereocenters. The fourth-order valence-electron chi connectivity index (χ4n) is 4.45. The minimum atomic E-state index is 0. The summed E-state index contributed by atoms with van der Waals surface area (Å²) in [5, 5.41) is 7.38. The molecule has 4 nitrogen and oxygen atoms in total. The predicted octanol–water partition coefficient (Wildman–Crippen LogP) is 3.76. The van der Waals surface area contributed by atoms with Crippen LogP contribution in [0.15, 0.2) is 4.99 Å². The van der Waals surface area contributed by atoms with Gasteiger partial charge in [-0.05, 0) is 51.4 Å². The van der Waals surface area contributed by atoms with Gasteiger partial charge in [-0.2, -0.15) is 0 Å². The molecule has 0 aromatic rings. The molecule has 2 atom stereocenters. The van der Waals surface area contributed by atoms with Crippen LogP contribution in [-0.2, 0) is 0 Å². The van der Waals surface area contributed by atoms with Crippen molar-refractivity contribution >= 4 is 29.9 Å². The lowest BCUT2D eigenvalue weighted by Gasteiger charge is -2.36. The normalized spacial score (nSPS) is 29.3. The van der Waals surface area contributed by atoms with Crippen molar-refractivity contribution in [2.24, 2.45) is 10.9 Å². The number of hydrogen-bond acceptors (Lipinski definition) is 2. The Bertz CT molecular complexity index is 387. The fourth-order valence-corrected chi connectivity index (χ4v) is 4.45. The highest BCUT2D eigenvalue weighted by atomic mass is 127. The zero-order chi connectivity index (χ0) is 16.1. The van der Waals surface area contributed by atoms with Crippen molar-refractivity contribution in [2.45, 2.75) is 89.8 Å². The molecule has 24 heavy (non-hydrogen) atoms. The molecule has 2 aliphatic carbocycles. The van der Waals surface area contributed by atoms with Gasteiger partial charge in [0, 0.05) is 37.8 Å². The van der Waals surface area contributed by atoms with Gasteiger partial charge in [-0.1, -0.05) is 26.2 Å². The van der Waals surface area contributed by atoms with E-state index in [9.17, 15) is 0 Å². The first-order chi connectivity index (χ1) is 11.3. The largest absolute Gasteiger partial charge is 0.354 e. The Kier molecular flexibility index (Phi) is 8.61. The zero-order valence-corrected chi connectivity index (χ0v) is 17.9.